The lowest BCUT2D eigenvalue weighted by molar-refractivity contribution is -0.0890. The number of rotatable bonds is 4. The number of fused-ring (bicyclic) bond motifs is 2. The molecule has 2 aliphatic rings. The lowest BCUT2D eigenvalue weighted by Gasteiger charge is -2.51. The summed E-state index contributed by atoms with van der Waals surface area (Å²) in [7, 11) is 1.87. The van der Waals surface area contributed by atoms with Crippen LogP contribution in [0.4, 0.5) is 0 Å². The number of ether oxygens (including phenoxy) is 1. The van der Waals surface area contributed by atoms with Crippen molar-refractivity contribution in [2.24, 2.45) is 5.92 Å². The van der Waals surface area contributed by atoms with Gasteiger partial charge in [0.05, 0.1) is 5.60 Å². The van der Waals surface area contributed by atoms with Gasteiger partial charge in [0.25, 0.3) is 0 Å². The molecule has 0 spiro atoms. The van der Waals surface area contributed by atoms with Gasteiger partial charge in [0.1, 0.15) is 0 Å². The molecule has 3 unspecified atom stereocenters. The number of H-pyrrole nitrogens is 1. The van der Waals surface area contributed by atoms with E-state index in [0.717, 1.165) is 42.3 Å². The van der Waals surface area contributed by atoms with Crippen LogP contribution in [0, 0.1) is 5.92 Å². The average Bonchev–Trinajstić information content (AvgIpc) is 3.24. The summed E-state index contributed by atoms with van der Waals surface area (Å²) in [5.41, 5.74) is 3.34. The second-order valence-corrected chi connectivity index (χ2v) is 8.03. The number of aromatic nitrogens is 3. The number of hydrogen-bond donors (Lipinski definition) is 2. The summed E-state index contributed by atoms with van der Waals surface area (Å²) in [4.78, 5) is 4.74. The summed E-state index contributed by atoms with van der Waals surface area (Å²) in [5.74, 6) is 2.57. The van der Waals surface area contributed by atoms with E-state index in [4.69, 9.17) is 9.72 Å². The lowest BCUT2D eigenvalue weighted by atomic mass is 9.63. The minimum atomic E-state index is -0.103. The number of aromatic amines is 1. The van der Waals surface area contributed by atoms with Gasteiger partial charge < -0.3 is 10.1 Å². The summed E-state index contributed by atoms with van der Waals surface area (Å²) < 4.78 is 6.12. The van der Waals surface area contributed by atoms with E-state index in [0.29, 0.717) is 11.8 Å². The smallest absolute Gasteiger partial charge is 0.181 e. The predicted molar refractivity (Wildman–Crippen MR) is 110 cm³/mol. The molecule has 2 fully saturated rings. The maximum Gasteiger partial charge on any atom is 0.181 e. The highest BCUT2D eigenvalue weighted by Crippen LogP contribution is 2.48. The van der Waals surface area contributed by atoms with Crippen molar-refractivity contribution in [3.63, 3.8) is 0 Å². The monoisotopic (exact) mass is 374 g/mol. The van der Waals surface area contributed by atoms with Crippen molar-refractivity contribution >= 4 is 0 Å². The molecule has 3 atom stereocenters. The fourth-order valence-corrected chi connectivity index (χ4v) is 5.17. The van der Waals surface area contributed by atoms with E-state index in [9.17, 15) is 0 Å². The van der Waals surface area contributed by atoms with Crippen molar-refractivity contribution in [2.45, 2.75) is 30.8 Å². The number of methoxy groups -OCH3 is 1. The van der Waals surface area contributed by atoms with E-state index < -0.39 is 0 Å². The zero-order valence-corrected chi connectivity index (χ0v) is 16.2. The minimum absolute atomic E-state index is 0.103. The molecule has 2 bridgehead atoms. The lowest BCUT2D eigenvalue weighted by Crippen LogP contribution is -2.58. The molecule has 2 aromatic carbocycles. The Morgan fingerprint density at radius 1 is 1.07 bits per heavy atom. The largest absolute Gasteiger partial charge is 0.376 e. The summed E-state index contributed by atoms with van der Waals surface area (Å²) in [6.45, 7) is 1.99. The Balaban J connectivity index is 1.50. The Morgan fingerprint density at radius 2 is 1.93 bits per heavy atom. The van der Waals surface area contributed by atoms with Crippen molar-refractivity contribution in [3.05, 3.63) is 60.2 Å². The van der Waals surface area contributed by atoms with E-state index in [2.05, 4.69) is 39.8 Å². The van der Waals surface area contributed by atoms with E-state index in [-0.39, 0.29) is 5.60 Å². The highest BCUT2D eigenvalue weighted by molar-refractivity contribution is 5.62. The Kier molecular flexibility index (Phi) is 4.49. The summed E-state index contributed by atoms with van der Waals surface area (Å²) in [6.07, 6.45) is 3.62. The molecule has 28 heavy (non-hydrogen) atoms. The van der Waals surface area contributed by atoms with Gasteiger partial charge in [-0.3, -0.25) is 5.10 Å². The molecule has 0 amide bonds. The molecule has 3 aromatic rings. The van der Waals surface area contributed by atoms with Gasteiger partial charge in [-0.15, -0.1) is 0 Å². The van der Waals surface area contributed by atoms with Crippen LogP contribution in [0.2, 0.25) is 0 Å². The molecule has 2 N–H and O–H groups in total. The summed E-state index contributed by atoms with van der Waals surface area (Å²) in [6, 6.07) is 18.8. The molecule has 2 heterocycles. The molecule has 0 radical (unpaired) electrons. The van der Waals surface area contributed by atoms with Crippen LogP contribution in [-0.4, -0.2) is 41.0 Å². The second kappa shape index (κ2) is 7.15. The van der Waals surface area contributed by atoms with Crippen LogP contribution in [0.3, 0.4) is 0 Å². The summed E-state index contributed by atoms with van der Waals surface area (Å²) in [5, 5.41) is 11.2. The molecule has 1 aliphatic carbocycles. The molecule has 144 valence electrons. The van der Waals surface area contributed by atoms with Crippen LogP contribution in [0.1, 0.15) is 30.7 Å². The third kappa shape index (κ3) is 2.95. The van der Waals surface area contributed by atoms with Crippen LogP contribution in [-0.2, 0) is 4.74 Å². The number of nitrogens with zero attached hydrogens (tertiary/aromatic N) is 2. The highest BCUT2D eigenvalue weighted by atomic mass is 16.5. The SMILES string of the molecule is COC12CCCC(CNC1)C2c1cccc(-c2n[nH]c(-c3ccccc3)n2)c1. The van der Waals surface area contributed by atoms with Gasteiger partial charge in [-0.25, -0.2) is 4.98 Å². The second-order valence-electron chi connectivity index (χ2n) is 8.03. The van der Waals surface area contributed by atoms with Crippen molar-refractivity contribution in [1.29, 1.82) is 0 Å². The van der Waals surface area contributed by atoms with Gasteiger partial charge in [0.2, 0.25) is 0 Å². The Hall–Kier alpha value is -2.50. The molecule has 1 aliphatic heterocycles. The Morgan fingerprint density at radius 3 is 2.79 bits per heavy atom. The van der Waals surface area contributed by atoms with Crippen LogP contribution in [0.15, 0.2) is 54.6 Å². The van der Waals surface area contributed by atoms with E-state index in [1.165, 1.54) is 18.4 Å². The van der Waals surface area contributed by atoms with Crippen molar-refractivity contribution in [1.82, 2.24) is 20.5 Å². The Labute approximate surface area is 165 Å². The Bertz CT molecular complexity index is 942. The molecule has 5 rings (SSSR count). The highest BCUT2D eigenvalue weighted by Gasteiger charge is 2.49. The molecule has 5 nitrogen and oxygen atoms in total. The fraction of sp³-hybridized carbons (Fsp3) is 0.391. The van der Waals surface area contributed by atoms with E-state index in [1.807, 2.05) is 37.4 Å². The molecule has 5 heteroatoms. The third-order valence-electron chi connectivity index (χ3n) is 6.49. The molecule has 1 aromatic heterocycles. The van der Waals surface area contributed by atoms with Gasteiger partial charge >= 0.3 is 0 Å². The topological polar surface area (TPSA) is 62.8 Å². The first-order chi connectivity index (χ1) is 13.8. The van der Waals surface area contributed by atoms with Gasteiger partial charge in [0, 0.05) is 30.7 Å². The quantitative estimate of drug-likeness (QED) is 0.724. The first kappa shape index (κ1) is 17.6. The number of hydrogen-bond acceptors (Lipinski definition) is 4. The fourth-order valence-electron chi connectivity index (χ4n) is 5.17. The number of piperidine rings is 1. The van der Waals surface area contributed by atoms with E-state index >= 15 is 0 Å². The average molecular weight is 374 g/mol. The first-order valence-electron chi connectivity index (χ1n) is 10.1. The molecular weight excluding hydrogens is 348 g/mol. The molecule has 1 saturated carbocycles. The normalized spacial score (nSPS) is 26.9. The number of benzene rings is 2. The van der Waals surface area contributed by atoms with Gasteiger partial charge in [-0.1, -0.05) is 55.0 Å². The van der Waals surface area contributed by atoms with Gasteiger partial charge in [0.15, 0.2) is 11.6 Å². The van der Waals surface area contributed by atoms with Crippen LogP contribution in [0.25, 0.3) is 22.8 Å². The van der Waals surface area contributed by atoms with Crippen molar-refractivity contribution < 1.29 is 4.74 Å². The van der Waals surface area contributed by atoms with Crippen molar-refractivity contribution in [3.8, 4) is 22.8 Å². The minimum Gasteiger partial charge on any atom is -0.376 e. The molecular formula is C23H26N4O. The van der Waals surface area contributed by atoms with Gasteiger partial charge in [-0.05, 0) is 36.9 Å². The van der Waals surface area contributed by atoms with Crippen molar-refractivity contribution in [2.75, 3.05) is 20.2 Å². The standard InChI is InChI=1S/C23H26N4O/c1-28-23-12-6-11-19(14-24-15-23)20(23)17-9-5-10-18(13-17)22-25-21(26-27-22)16-7-3-2-4-8-16/h2-5,7-10,13,19-20,24H,6,11-12,14-15H2,1H3,(H,25,26,27). The maximum atomic E-state index is 6.12. The zero-order valence-electron chi connectivity index (χ0n) is 16.2. The van der Waals surface area contributed by atoms with Crippen LogP contribution >= 0.6 is 0 Å². The molecule has 1 saturated heterocycles. The summed E-state index contributed by atoms with van der Waals surface area (Å²) >= 11 is 0. The van der Waals surface area contributed by atoms with Crippen LogP contribution in [0.5, 0.6) is 0 Å². The predicted octanol–water partition coefficient (Wildman–Crippen LogP) is 4.01. The maximum absolute atomic E-state index is 6.12. The van der Waals surface area contributed by atoms with E-state index in [1.54, 1.807) is 0 Å². The zero-order chi connectivity index (χ0) is 19.0. The first-order valence-corrected chi connectivity index (χ1v) is 10.1. The third-order valence-corrected chi connectivity index (χ3v) is 6.49. The van der Waals surface area contributed by atoms with Crippen LogP contribution < -0.4 is 5.32 Å². The van der Waals surface area contributed by atoms with Gasteiger partial charge in [-0.2, -0.15) is 5.10 Å². The number of nitrogens with one attached hydrogen (secondary N) is 2.